The monoisotopic (exact) mass is 2190 g/mol. The van der Waals surface area contributed by atoms with Crippen LogP contribution in [0.1, 0.15) is 188 Å². The van der Waals surface area contributed by atoms with Gasteiger partial charge in [0.05, 0.1) is 84.6 Å². The van der Waals surface area contributed by atoms with E-state index in [1.54, 1.807) is 55.6 Å². The Morgan fingerprint density at radius 3 is 0.831 bits per heavy atom. The number of ketones is 7. The van der Waals surface area contributed by atoms with E-state index in [1.165, 1.54) is 52.3 Å². The van der Waals surface area contributed by atoms with Crippen LogP contribution in [0.4, 0.5) is 0 Å². The number of hydrogen-bond donors (Lipinski definition) is 5. The number of nitrogens with one attached hydrogen (secondary N) is 5. The molecular weight excluding hydrogens is 2040 g/mol. The van der Waals surface area contributed by atoms with Crippen molar-refractivity contribution in [2.24, 2.45) is 47.3 Å². The molecule has 12 rings (SSSR count). The normalized spacial score (nSPS) is 16.3. The fourth-order valence-electron chi connectivity index (χ4n) is 18.2. The number of carbonyl (C=O) groups excluding carboxylic acids is 12. The number of likely N-dealkylation sites (N-methyl/N-ethyl adjacent to an activating group) is 4. The second kappa shape index (κ2) is 65.6. The second-order valence-corrected chi connectivity index (χ2v) is 46.0. The van der Waals surface area contributed by atoms with Crippen molar-refractivity contribution < 1.29 is 76.5 Å². The fourth-order valence-corrected chi connectivity index (χ4v) is 23.5. The molecule has 0 unspecified atom stereocenters. The first kappa shape index (κ1) is 123. The number of aromatic nitrogens is 4. The molecule has 8 aromatic rings. The Labute approximate surface area is 908 Å². The SMILES string of the molecule is CC(=O)C[C@@H](Cc1nc2ccc(Cl)cc2s1)C(=O)N[C@H](CCC(=O)/C=C/CN(C)C)C1CCOCC1.CCC(=O)C[C@@H](Cc1nc2ccc(Cl)cc2s1)C(=O)N[C@H](CCC(=O)/C=C/CN(C)C)C1CCOCC1.CCCC(=O)C[C@@H](Cc1nc2ccc(Cl)cc2s1)C(=O)N[C@H](CCC(=O)/C=C/CN(C)C)C1CCOCC1.CNC(=O)C[C@@H](Cc1nc2ccc(Cl)cc2s1)C(=O)N[C@H](CCC(=O)/C=C/CN(C)C)C1CCOCC1. The summed E-state index contributed by atoms with van der Waals surface area (Å²) in [6.45, 7) is 13.3. The van der Waals surface area contributed by atoms with Crippen LogP contribution in [0, 0.1) is 47.3 Å². The molecule has 0 bridgehead atoms. The summed E-state index contributed by atoms with van der Waals surface area (Å²) in [5.41, 5.74) is 3.34. The zero-order valence-corrected chi connectivity index (χ0v) is 94.1. The Morgan fingerprint density at radius 2 is 0.601 bits per heavy atom. The van der Waals surface area contributed by atoms with Crippen LogP contribution in [0.25, 0.3) is 40.9 Å². The maximum Gasteiger partial charge on any atom is 0.224 e. The van der Waals surface area contributed by atoms with Crippen molar-refractivity contribution in [3.63, 3.8) is 0 Å². The van der Waals surface area contributed by atoms with E-state index in [9.17, 15) is 57.5 Å². The van der Waals surface area contributed by atoms with Gasteiger partial charge in [-0.15, -0.1) is 45.3 Å². The lowest BCUT2D eigenvalue weighted by Gasteiger charge is -2.32. The van der Waals surface area contributed by atoms with Gasteiger partial charge in [0.15, 0.2) is 23.1 Å². The lowest BCUT2D eigenvalue weighted by molar-refractivity contribution is -0.131. The number of Topliss-reactive ketones (excluding diaryl/α,β-unsaturated/α-hetero) is 3. The van der Waals surface area contributed by atoms with Gasteiger partial charge in [-0.3, -0.25) is 52.7 Å². The van der Waals surface area contributed by atoms with E-state index in [0.29, 0.717) is 189 Å². The van der Waals surface area contributed by atoms with Crippen LogP contribution in [0.15, 0.2) is 121 Å². The maximum absolute atomic E-state index is 13.7. The minimum atomic E-state index is -0.575. The number of ether oxygens (including phenoxy) is 4. The molecule has 8 atom stereocenters. The number of amides is 5. The summed E-state index contributed by atoms with van der Waals surface area (Å²) in [6, 6.07) is 21.5. The number of allylic oxidation sites excluding steroid dienone is 4. The summed E-state index contributed by atoms with van der Waals surface area (Å²) >= 11 is 30.5. The number of thiazole rings is 4. The summed E-state index contributed by atoms with van der Waals surface area (Å²) in [6.07, 6.45) is 28.0. The third kappa shape index (κ3) is 44.9. The van der Waals surface area contributed by atoms with Crippen molar-refractivity contribution in [1.82, 2.24) is 66.1 Å². The van der Waals surface area contributed by atoms with Crippen LogP contribution in [0.3, 0.4) is 0 Å². The molecule has 4 fully saturated rings. The largest absolute Gasteiger partial charge is 0.381 e. The van der Waals surface area contributed by atoms with E-state index in [4.69, 9.17) is 70.3 Å². The molecule has 808 valence electrons. The smallest absolute Gasteiger partial charge is 0.224 e. The number of fused-ring (bicyclic) bond motifs is 4. The molecule has 148 heavy (non-hydrogen) atoms. The average molecular weight is 2190 g/mol. The van der Waals surface area contributed by atoms with Crippen LogP contribution in [0.2, 0.25) is 20.1 Å². The number of halogens is 4. The molecule has 37 heteroatoms. The first-order valence-corrected chi connectivity index (χ1v) is 56.6. The third-order valence-electron chi connectivity index (χ3n) is 26.4. The van der Waals surface area contributed by atoms with E-state index in [2.05, 4.69) is 41.5 Å². The lowest BCUT2D eigenvalue weighted by atomic mass is 9.87. The van der Waals surface area contributed by atoms with Gasteiger partial charge < -0.3 is 69.9 Å². The van der Waals surface area contributed by atoms with E-state index in [1.807, 2.05) is 163 Å². The highest BCUT2D eigenvalue weighted by Crippen LogP contribution is 2.36. The van der Waals surface area contributed by atoms with Gasteiger partial charge in [-0.2, -0.15) is 0 Å². The average Bonchev–Trinajstić information content (AvgIpc) is 1.69. The van der Waals surface area contributed by atoms with Crippen molar-refractivity contribution in [3.05, 3.63) is 162 Å². The first-order valence-electron chi connectivity index (χ1n) is 51.8. The van der Waals surface area contributed by atoms with Crippen LogP contribution in [0.5, 0.6) is 0 Å². The summed E-state index contributed by atoms with van der Waals surface area (Å²) in [5.74, 6) is -1.70. The minimum Gasteiger partial charge on any atom is -0.381 e. The van der Waals surface area contributed by atoms with Gasteiger partial charge >= 0.3 is 0 Å². The van der Waals surface area contributed by atoms with Crippen molar-refractivity contribution >= 4 is 203 Å². The van der Waals surface area contributed by atoms with Crippen molar-refractivity contribution in [1.29, 1.82) is 0 Å². The van der Waals surface area contributed by atoms with Crippen LogP contribution >= 0.6 is 91.8 Å². The van der Waals surface area contributed by atoms with Gasteiger partial charge in [0.2, 0.25) is 29.5 Å². The lowest BCUT2D eigenvalue weighted by Crippen LogP contribution is -2.46. The maximum atomic E-state index is 13.7. The zero-order chi connectivity index (χ0) is 107. The number of benzene rings is 4. The van der Waals surface area contributed by atoms with Crippen LogP contribution < -0.4 is 26.6 Å². The predicted octanol–water partition coefficient (Wildman–Crippen LogP) is 18.2. The summed E-state index contributed by atoms with van der Waals surface area (Å²) in [5, 5.41) is 21.3. The third-order valence-corrected chi connectivity index (χ3v) is 31.5. The van der Waals surface area contributed by atoms with E-state index >= 15 is 0 Å². The molecule has 5 N–H and O–H groups in total. The first-order chi connectivity index (χ1) is 70.9. The predicted molar refractivity (Wildman–Crippen MR) is 595 cm³/mol. The number of nitrogens with zero attached hydrogens (tertiary/aromatic N) is 8. The second-order valence-electron chi connectivity index (χ2n) is 39.8. The molecule has 0 aliphatic carbocycles. The number of hydrogen-bond acceptors (Lipinski definition) is 28. The van der Waals surface area contributed by atoms with E-state index in [-0.39, 0.29) is 144 Å². The topological polar surface area (TPSA) is 366 Å². The fraction of sp³-hybridized carbons (Fsp3) is 0.568. The molecule has 4 saturated heterocycles. The minimum absolute atomic E-state index is 0.0388. The van der Waals surface area contributed by atoms with Crippen LogP contribution in [-0.2, 0) is 102 Å². The molecular formula is C111H151Cl4N13O16S4. The standard InChI is InChI=1S/C29H40ClN3O4S.C28H38ClN3O4S.C27H37ClN4O4S.C27H36ClN3O4S/c1-4-6-24(35)17-21(18-28-31-26-10-8-22(30)19-27(26)38-28)29(36)32-25(20-12-15-37-16-13-20)11-9-23(34)7-5-14-33(2)3;1-4-22(33)16-20(17-27-30-25-9-7-21(29)18-26(25)37-27)28(35)31-24(19-11-14-36-15-12-19)10-8-23(34)6-5-13-32(2)3;1-29-25(34)15-19(16-26-30-23-8-6-20(28)17-24(23)37-26)27(35)31-22(18-10-13-36-14-11-18)9-7-21(33)5-4-12-32(2)3;1-18(32)15-20(16-26-29-24-8-6-21(28)17-25(24)36-26)27(34)30-23(19-10-13-35-14-11-19)9-7-22(33)5-4-12-31(2)3/h5,7-8,10,19-21,25H,4,6,9,11-18H2,1-3H3,(H,32,36);5-7,9,18-20,24H,4,8,10-17H2,1-3H3,(H,31,35);4-6,8,17-19,22H,7,9-16H2,1-3H3,(H,29,34)(H,31,35);4-6,8,17,19-20,23H,7,9-16H2,1-3H3,(H,30,34)/b7-5+;6-5+;2*5-4+/t21-,25+;20-,24+;19-,22+;20-,23+/m0000/s1. The van der Waals surface area contributed by atoms with Crippen molar-refractivity contribution in [3.8, 4) is 0 Å². The zero-order valence-electron chi connectivity index (χ0n) is 87.8. The highest BCUT2D eigenvalue weighted by molar-refractivity contribution is 7.19. The summed E-state index contributed by atoms with van der Waals surface area (Å²) in [4.78, 5) is 180. The summed E-state index contributed by atoms with van der Waals surface area (Å²) in [7, 11) is 17.2. The molecule has 4 aromatic heterocycles. The molecule has 0 spiro atoms. The highest BCUT2D eigenvalue weighted by atomic mass is 35.5. The molecule has 0 radical (unpaired) electrons. The van der Waals surface area contributed by atoms with Gasteiger partial charge in [0, 0.05) is 220 Å². The number of rotatable bonds is 55. The molecule has 5 amide bonds. The molecule has 4 aliphatic heterocycles. The van der Waals surface area contributed by atoms with Crippen molar-refractivity contribution in [2.45, 2.75) is 218 Å². The Bertz CT molecular complexity index is 5580. The van der Waals surface area contributed by atoms with E-state index in [0.717, 1.165) is 119 Å². The molecule has 4 aliphatic rings. The molecule has 29 nitrogen and oxygen atoms in total. The molecule has 4 aromatic carbocycles. The van der Waals surface area contributed by atoms with Gasteiger partial charge in [-0.1, -0.05) is 84.6 Å². The molecule has 0 saturated carbocycles. The number of carbonyl (C=O) groups is 12. The van der Waals surface area contributed by atoms with Gasteiger partial charge in [0.1, 0.15) is 17.3 Å². The van der Waals surface area contributed by atoms with Gasteiger partial charge in [-0.05, 0) is 268 Å². The Morgan fingerprint density at radius 1 is 0.358 bits per heavy atom. The quantitative estimate of drug-likeness (QED) is 0.0221. The van der Waals surface area contributed by atoms with Crippen molar-refractivity contribution in [2.75, 3.05) is 142 Å². The van der Waals surface area contributed by atoms with Gasteiger partial charge in [0.25, 0.3) is 0 Å². The van der Waals surface area contributed by atoms with Gasteiger partial charge in [-0.25, -0.2) is 19.9 Å². The molecule has 8 heterocycles. The summed E-state index contributed by atoms with van der Waals surface area (Å²) < 4.78 is 25.9. The Balaban J connectivity index is 0.000000219. The highest BCUT2D eigenvalue weighted by Gasteiger charge is 2.37. The Kier molecular flexibility index (Phi) is 54.4. The van der Waals surface area contributed by atoms with E-state index < -0.39 is 23.7 Å². The Hall–Kier alpha value is -8.72. The van der Waals surface area contributed by atoms with Crippen LogP contribution in [-0.4, -0.2) is 276 Å².